The number of amides is 2. The Hall–Kier alpha value is -1.84. The van der Waals surface area contributed by atoms with Crippen LogP contribution in [0, 0.1) is 31.6 Å². The Bertz CT molecular complexity index is 587. The minimum Gasteiger partial charge on any atom is -0.356 e. The van der Waals surface area contributed by atoms with Crippen LogP contribution in [0.15, 0.2) is 18.2 Å². The third kappa shape index (κ3) is 4.83. The lowest BCUT2D eigenvalue weighted by Gasteiger charge is -2.27. The van der Waals surface area contributed by atoms with Crippen LogP contribution in [0.25, 0.3) is 0 Å². The largest absolute Gasteiger partial charge is 0.356 e. The number of anilines is 1. The highest BCUT2D eigenvalue weighted by molar-refractivity contribution is 5.93. The Morgan fingerprint density at radius 1 is 1.04 bits per heavy atom. The number of aryl methyl sites for hydroxylation is 1. The first kappa shape index (κ1) is 18.5. The van der Waals surface area contributed by atoms with Gasteiger partial charge in [0.2, 0.25) is 11.8 Å². The second kappa shape index (κ2) is 8.32. The lowest BCUT2D eigenvalue weighted by molar-refractivity contribution is -0.128. The average Bonchev–Trinajstić information content (AvgIpc) is 2.57. The van der Waals surface area contributed by atoms with Crippen molar-refractivity contribution in [2.24, 2.45) is 17.8 Å². The van der Waals surface area contributed by atoms with Crippen molar-refractivity contribution in [1.29, 1.82) is 0 Å². The Morgan fingerprint density at radius 3 is 2.21 bits per heavy atom. The van der Waals surface area contributed by atoms with Crippen LogP contribution >= 0.6 is 0 Å². The molecule has 1 saturated carbocycles. The fourth-order valence-corrected chi connectivity index (χ4v) is 3.19. The first-order valence-corrected chi connectivity index (χ1v) is 9.03. The van der Waals surface area contributed by atoms with Crippen molar-refractivity contribution < 1.29 is 9.59 Å². The molecule has 0 spiro atoms. The number of carbonyl (C=O) groups is 2. The Morgan fingerprint density at radius 2 is 1.62 bits per heavy atom. The van der Waals surface area contributed by atoms with Gasteiger partial charge in [-0.1, -0.05) is 26.0 Å². The zero-order valence-electron chi connectivity index (χ0n) is 15.3. The minimum atomic E-state index is 0.0130. The van der Waals surface area contributed by atoms with Crippen LogP contribution in [0.3, 0.4) is 0 Å². The fourth-order valence-electron chi connectivity index (χ4n) is 3.19. The molecular formula is C20H30N2O2. The van der Waals surface area contributed by atoms with Crippen molar-refractivity contribution in [2.75, 3.05) is 11.9 Å². The fraction of sp³-hybridized carbons (Fsp3) is 0.600. The molecule has 4 heteroatoms. The molecule has 2 rings (SSSR count). The van der Waals surface area contributed by atoms with Crippen LogP contribution in [0.2, 0.25) is 0 Å². The van der Waals surface area contributed by atoms with E-state index in [0.29, 0.717) is 5.92 Å². The molecule has 0 atom stereocenters. The van der Waals surface area contributed by atoms with Gasteiger partial charge < -0.3 is 10.6 Å². The molecule has 1 aliphatic carbocycles. The normalized spacial score (nSPS) is 20.7. The number of benzene rings is 1. The topological polar surface area (TPSA) is 58.2 Å². The highest BCUT2D eigenvalue weighted by Gasteiger charge is 2.30. The summed E-state index contributed by atoms with van der Waals surface area (Å²) in [6.45, 7) is 8.99. The zero-order chi connectivity index (χ0) is 17.7. The smallest absolute Gasteiger partial charge is 0.227 e. The van der Waals surface area contributed by atoms with E-state index in [1.54, 1.807) is 0 Å². The molecule has 24 heavy (non-hydrogen) atoms. The molecule has 0 aliphatic heterocycles. The molecule has 0 unspecified atom stereocenters. The molecule has 0 aromatic heterocycles. The van der Waals surface area contributed by atoms with Crippen molar-refractivity contribution in [1.82, 2.24) is 5.32 Å². The number of hydrogen-bond acceptors (Lipinski definition) is 2. The summed E-state index contributed by atoms with van der Waals surface area (Å²) < 4.78 is 0. The maximum Gasteiger partial charge on any atom is 0.227 e. The molecule has 0 saturated heterocycles. The molecule has 1 aromatic carbocycles. The van der Waals surface area contributed by atoms with E-state index in [9.17, 15) is 9.59 Å². The van der Waals surface area contributed by atoms with E-state index in [4.69, 9.17) is 0 Å². The first-order valence-electron chi connectivity index (χ1n) is 9.03. The summed E-state index contributed by atoms with van der Waals surface area (Å²) in [6.07, 6.45) is 3.18. The molecule has 1 aliphatic rings. The molecule has 2 amide bonds. The second-order valence-electron chi connectivity index (χ2n) is 7.42. The number of carbonyl (C=O) groups excluding carboxylic acids is 2. The minimum absolute atomic E-state index is 0.0130. The van der Waals surface area contributed by atoms with Gasteiger partial charge in [0.25, 0.3) is 0 Å². The van der Waals surface area contributed by atoms with Gasteiger partial charge >= 0.3 is 0 Å². The van der Waals surface area contributed by atoms with Gasteiger partial charge in [0.15, 0.2) is 0 Å². The molecule has 132 valence electrons. The molecule has 1 fully saturated rings. The average molecular weight is 330 g/mol. The van der Waals surface area contributed by atoms with Crippen LogP contribution in [-0.2, 0) is 9.59 Å². The molecule has 0 heterocycles. The van der Waals surface area contributed by atoms with E-state index in [-0.39, 0.29) is 23.7 Å². The molecule has 0 bridgehead atoms. The van der Waals surface area contributed by atoms with E-state index >= 15 is 0 Å². The van der Waals surface area contributed by atoms with E-state index < -0.39 is 0 Å². The Labute approximate surface area is 145 Å². The summed E-state index contributed by atoms with van der Waals surface area (Å²) in [6, 6.07) is 5.96. The van der Waals surface area contributed by atoms with Crippen LogP contribution < -0.4 is 10.6 Å². The highest BCUT2D eigenvalue weighted by Crippen LogP contribution is 2.30. The van der Waals surface area contributed by atoms with Crippen molar-refractivity contribution in [2.45, 2.75) is 53.4 Å². The summed E-state index contributed by atoms with van der Waals surface area (Å²) >= 11 is 0. The lowest BCUT2D eigenvalue weighted by Crippen LogP contribution is -2.37. The van der Waals surface area contributed by atoms with Gasteiger partial charge in [-0.3, -0.25) is 9.59 Å². The van der Waals surface area contributed by atoms with Crippen LogP contribution in [0.4, 0.5) is 5.69 Å². The third-order valence-corrected chi connectivity index (χ3v) is 5.02. The number of nitrogens with one attached hydrogen (secondary N) is 2. The van der Waals surface area contributed by atoms with Crippen molar-refractivity contribution in [3.05, 3.63) is 29.3 Å². The predicted molar refractivity (Wildman–Crippen MR) is 97.8 cm³/mol. The third-order valence-electron chi connectivity index (χ3n) is 5.02. The van der Waals surface area contributed by atoms with Crippen molar-refractivity contribution in [3.63, 3.8) is 0 Å². The predicted octanol–water partition coefficient (Wildman–Crippen LogP) is 3.82. The Balaban J connectivity index is 1.84. The SMILES string of the molecule is Cc1cccc(NC(=O)C2CCC(C(=O)NCC(C)C)CC2)c1C. The quantitative estimate of drug-likeness (QED) is 0.862. The van der Waals surface area contributed by atoms with Gasteiger partial charge in [-0.25, -0.2) is 0 Å². The summed E-state index contributed by atoms with van der Waals surface area (Å²) in [4.78, 5) is 24.7. The van der Waals surface area contributed by atoms with E-state index in [2.05, 4.69) is 24.5 Å². The van der Waals surface area contributed by atoms with Gasteiger partial charge in [-0.05, 0) is 62.6 Å². The summed E-state index contributed by atoms with van der Waals surface area (Å²) in [5.41, 5.74) is 3.20. The Kier molecular flexibility index (Phi) is 6.41. The van der Waals surface area contributed by atoms with E-state index in [0.717, 1.165) is 43.5 Å². The van der Waals surface area contributed by atoms with Crippen LogP contribution in [-0.4, -0.2) is 18.4 Å². The molecular weight excluding hydrogens is 300 g/mol. The van der Waals surface area contributed by atoms with E-state index in [1.165, 1.54) is 5.56 Å². The maximum absolute atomic E-state index is 12.5. The van der Waals surface area contributed by atoms with Gasteiger partial charge in [0.05, 0.1) is 0 Å². The summed E-state index contributed by atoms with van der Waals surface area (Å²) in [5.74, 6) is 0.781. The summed E-state index contributed by atoms with van der Waals surface area (Å²) in [7, 11) is 0. The zero-order valence-corrected chi connectivity index (χ0v) is 15.3. The van der Waals surface area contributed by atoms with Crippen LogP contribution in [0.1, 0.15) is 50.7 Å². The second-order valence-corrected chi connectivity index (χ2v) is 7.42. The van der Waals surface area contributed by atoms with Gasteiger partial charge in [-0.15, -0.1) is 0 Å². The highest BCUT2D eigenvalue weighted by atomic mass is 16.2. The first-order chi connectivity index (χ1) is 11.4. The molecule has 2 N–H and O–H groups in total. The van der Waals surface area contributed by atoms with Crippen LogP contribution in [0.5, 0.6) is 0 Å². The molecule has 0 radical (unpaired) electrons. The van der Waals surface area contributed by atoms with E-state index in [1.807, 2.05) is 32.0 Å². The number of rotatable bonds is 5. The van der Waals surface area contributed by atoms with Gasteiger partial charge in [0, 0.05) is 24.1 Å². The van der Waals surface area contributed by atoms with Gasteiger partial charge in [0.1, 0.15) is 0 Å². The lowest BCUT2D eigenvalue weighted by atomic mass is 9.81. The monoisotopic (exact) mass is 330 g/mol. The maximum atomic E-state index is 12.5. The van der Waals surface area contributed by atoms with Crippen molar-refractivity contribution in [3.8, 4) is 0 Å². The number of hydrogen-bond donors (Lipinski definition) is 2. The summed E-state index contributed by atoms with van der Waals surface area (Å²) in [5, 5.41) is 6.08. The standard InChI is InChI=1S/C20H30N2O2/c1-13(2)12-21-19(23)16-8-10-17(11-9-16)20(24)22-18-7-5-6-14(3)15(18)4/h5-7,13,16-17H,8-12H2,1-4H3,(H,21,23)(H,22,24). The van der Waals surface area contributed by atoms with Crippen molar-refractivity contribution >= 4 is 17.5 Å². The molecule has 4 nitrogen and oxygen atoms in total. The van der Waals surface area contributed by atoms with Gasteiger partial charge in [-0.2, -0.15) is 0 Å². The molecule has 1 aromatic rings.